The predicted octanol–water partition coefficient (Wildman–Crippen LogP) is 2.84. The second-order valence-corrected chi connectivity index (χ2v) is 6.81. The predicted molar refractivity (Wildman–Crippen MR) is 73.1 cm³/mol. The zero-order chi connectivity index (χ0) is 11.7. The molecule has 2 aliphatic rings. The molecular formula is C14H22N2S. The maximum atomic E-state index is 5.99. The SMILES string of the molecule is NCC1(CN(Cc2cccs2)C2CC2)CCC1. The largest absolute Gasteiger partial charge is 0.330 e. The molecular weight excluding hydrogens is 228 g/mol. The number of thiophene rings is 1. The van der Waals surface area contributed by atoms with Crippen molar-refractivity contribution < 1.29 is 0 Å². The summed E-state index contributed by atoms with van der Waals surface area (Å²) in [6, 6.07) is 5.27. The molecule has 1 heterocycles. The van der Waals surface area contributed by atoms with Crippen LogP contribution in [0.5, 0.6) is 0 Å². The minimum atomic E-state index is 0.458. The van der Waals surface area contributed by atoms with Crippen LogP contribution in [0, 0.1) is 5.41 Å². The van der Waals surface area contributed by atoms with E-state index in [-0.39, 0.29) is 0 Å². The fourth-order valence-electron chi connectivity index (χ4n) is 2.89. The Balaban J connectivity index is 1.64. The molecule has 1 aromatic rings. The Bertz CT molecular complexity index is 347. The van der Waals surface area contributed by atoms with Gasteiger partial charge >= 0.3 is 0 Å². The first kappa shape index (κ1) is 11.7. The van der Waals surface area contributed by atoms with E-state index in [0.717, 1.165) is 19.1 Å². The maximum absolute atomic E-state index is 5.99. The van der Waals surface area contributed by atoms with Gasteiger partial charge in [-0.3, -0.25) is 4.90 Å². The second-order valence-electron chi connectivity index (χ2n) is 5.77. The van der Waals surface area contributed by atoms with Crippen LogP contribution >= 0.6 is 11.3 Å². The fourth-order valence-corrected chi connectivity index (χ4v) is 3.62. The highest BCUT2D eigenvalue weighted by Crippen LogP contribution is 2.43. The molecule has 0 unspecified atom stereocenters. The Morgan fingerprint density at radius 3 is 2.71 bits per heavy atom. The van der Waals surface area contributed by atoms with Crippen molar-refractivity contribution in [1.82, 2.24) is 4.90 Å². The molecule has 0 atom stereocenters. The Hall–Kier alpha value is -0.380. The molecule has 2 nitrogen and oxygen atoms in total. The lowest BCUT2D eigenvalue weighted by Crippen LogP contribution is -2.47. The molecule has 3 heteroatoms. The molecule has 0 spiro atoms. The van der Waals surface area contributed by atoms with Gasteiger partial charge in [-0.1, -0.05) is 12.5 Å². The molecule has 2 N–H and O–H groups in total. The summed E-state index contributed by atoms with van der Waals surface area (Å²) in [4.78, 5) is 4.20. The van der Waals surface area contributed by atoms with Crippen molar-refractivity contribution in [3.8, 4) is 0 Å². The Labute approximate surface area is 108 Å². The van der Waals surface area contributed by atoms with E-state index in [2.05, 4.69) is 22.4 Å². The molecule has 0 bridgehead atoms. The lowest BCUT2D eigenvalue weighted by atomic mass is 9.68. The van der Waals surface area contributed by atoms with Crippen molar-refractivity contribution in [3.63, 3.8) is 0 Å². The number of hydrogen-bond donors (Lipinski definition) is 1. The third-order valence-electron chi connectivity index (χ3n) is 4.39. The van der Waals surface area contributed by atoms with E-state index in [0.29, 0.717) is 5.41 Å². The van der Waals surface area contributed by atoms with Gasteiger partial charge in [0.2, 0.25) is 0 Å². The zero-order valence-corrected chi connectivity index (χ0v) is 11.2. The number of rotatable bonds is 6. The van der Waals surface area contributed by atoms with Crippen LogP contribution in [0.3, 0.4) is 0 Å². The quantitative estimate of drug-likeness (QED) is 0.841. The molecule has 2 fully saturated rings. The lowest BCUT2D eigenvalue weighted by Gasteiger charge is -2.44. The minimum Gasteiger partial charge on any atom is -0.330 e. The molecule has 0 radical (unpaired) electrons. The molecule has 17 heavy (non-hydrogen) atoms. The Morgan fingerprint density at radius 2 is 2.24 bits per heavy atom. The monoisotopic (exact) mass is 250 g/mol. The van der Waals surface area contributed by atoms with Gasteiger partial charge in [0.05, 0.1) is 0 Å². The molecule has 0 aromatic carbocycles. The molecule has 1 aromatic heterocycles. The van der Waals surface area contributed by atoms with Gasteiger partial charge in [0.15, 0.2) is 0 Å². The normalized spacial score (nSPS) is 22.7. The number of nitrogens with two attached hydrogens (primary N) is 1. The Kier molecular flexibility index (Phi) is 3.24. The number of hydrogen-bond acceptors (Lipinski definition) is 3. The van der Waals surface area contributed by atoms with Gasteiger partial charge in [-0.15, -0.1) is 11.3 Å². The summed E-state index contributed by atoms with van der Waals surface area (Å²) >= 11 is 1.88. The van der Waals surface area contributed by atoms with E-state index in [1.807, 2.05) is 11.3 Å². The van der Waals surface area contributed by atoms with Crippen LogP contribution in [0.2, 0.25) is 0 Å². The summed E-state index contributed by atoms with van der Waals surface area (Å²) in [6.45, 7) is 3.25. The topological polar surface area (TPSA) is 29.3 Å². The van der Waals surface area contributed by atoms with Crippen LogP contribution in [-0.2, 0) is 6.54 Å². The highest BCUT2D eigenvalue weighted by molar-refractivity contribution is 7.09. The van der Waals surface area contributed by atoms with Gasteiger partial charge in [-0.05, 0) is 49.1 Å². The van der Waals surface area contributed by atoms with Gasteiger partial charge in [0.25, 0.3) is 0 Å². The van der Waals surface area contributed by atoms with Gasteiger partial charge in [0.1, 0.15) is 0 Å². The third-order valence-corrected chi connectivity index (χ3v) is 5.25. The second kappa shape index (κ2) is 4.71. The standard InChI is InChI=1S/C14H22N2S/c15-10-14(6-2-7-14)11-16(12-4-5-12)9-13-3-1-8-17-13/h1,3,8,12H,2,4-7,9-11,15H2. The first-order valence-electron chi connectivity index (χ1n) is 6.78. The minimum absolute atomic E-state index is 0.458. The van der Waals surface area contributed by atoms with Gasteiger partial charge < -0.3 is 5.73 Å². The van der Waals surface area contributed by atoms with Crippen molar-refractivity contribution in [3.05, 3.63) is 22.4 Å². The van der Waals surface area contributed by atoms with Gasteiger partial charge in [0, 0.05) is 24.0 Å². The van der Waals surface area contributed by atoms with E-state index < -0.39 is 0 Å². The van der Waals surface area contributed by atoms with Gasteiger partial charge in [-0.25, -0.2) is 0 Å². The van der Waals surface area contributed by atoms with Crippen molar-refractivity contribution in [2.45, 2.75) is 44.7 Å². The highest BCUT2D eigenvalue weighted by Gasteiger charge is 2.40. The van der Waals surface area contributed by atoms with Crippen molar-refractivity contribution in [2.75, 3.05) is 13.1 Å². The summed E-state index contributed by atoms with van der Waals surface area (Å²) in [5.41, 5.74) is 6.45. The van der Waals surface area contributed by atoms with E-state index in [9.17, 15) is 0 Å². The molecule has 94 valence electrons. The van der Waals surface area contributed by atoms with Crippen LogP contribution in [0.15, 0.2) is 17.5 Å². The van der Waals surface area contributed by atoms with Crippen LogP contribution in [0.25, 0.3) is 0 Å². The van der Waals surface area contributed by atoms with E-state index in [1.54, 1.807) is 0 Å². The third kappa shape index (κ3) is 2.56. The summed E-state index contributed by atoms with van der Waals surface area (Å²) in [6.07, 6.45) is 6.86. The summed E-state index contributed by atoms with van der Waals surface area (Å²) in [5.74, 6) is 0. The highest BCUT2D eigenvalue weighted by atomic mass is 32.1. The molecule has 0 amide bonds. The first-order chi connectivity index (χ1) is 8.31. The summed E-state index contributed by atoms with van der Waals surface area (Å²) in [7, 11) is 0. The summed E-state index contributed by atoms with van der Waals surface area (Å²) < 4.78 is 0. The lowest BCUT2D eigenvalue weighted by molar-refractivity contribution is 0.0669. The molecule has 0 saturated heterocycles. The van der Waals surface area contributed by atoms with Crippen LogP contribution in [0.1, 0.15) is 37.0 Å². The molecule has 2 aliphatic carbocycles. The van der Waals surface area contributed by atoms with E-state index in [4.69, 9.17) is 5.73 Å². The first-order valence-corrected chi connectivity index (χ1v) is 7.66. The average molecular weight is 250 g/mol. The number of nitrogens with zero attached hydrogens (tertiary/aromatic N) is 1. The molecule has 2 saturated carbocycles. The van der Waals surface area contributed by atoms with Crippen molar-refractivity contribution >= 4 is 11.3 Å². The smallest absolute Gasteiger partial charge is 0.0331 e. The maximum Gasteiger partial charge on any atom is 0.0331 e. The Morgan fingerprint density at radius 1 is 1.41 bits per heavy atom. The van der Waals surface area contributed by atoms with Crippen LogP contribution in [-0.4, -0.2) is 24.0 Å². The van der Waals surface area contributed by atoms with E-state index in [1.165, 1.54) is 43.5 Å². The molecule has 0 aliphatic heterocycles. The fraction of sp³-hybridized carbons (Fsp3) is 0.714. The van der Waals surface area contributed by atoms with Crippen LogP contribution in [0.4, 0.5) is 0 Å². The summed E-state index contributed by atoms with van der Waals surface area (Å²) in [5, 5.41) is 2.18. The molecule has 3 rings (SSSR count). The zero-order valence-electron chi connectivity index (χ0n) is 10.4. The van der Waals surface area contributed by atoms with Crippen LogP contribution < -0.4 is 5.73 Å². The van der Waals surface area contributed by atoms with E-state index >= 15 is 0 Å². The van der Waals surface area contributed by atoms with Gasteiger partial charge in [-0.2, -0.15) is 0 Å². The average Bonchev–Trinajstić information content (AvgIpc) is 3.01. The van der Waals surface area contributed by atoms with Crippen molar-refractivity contribution in [1.29, 1.82) is 0 Å². The van der Waals surface area contributed by atoms with Crippen molar-refractivity contribution in [2.24, 2.45) is 11.1 Å².